The van der Waals surface area contributed by atoms with Crippen molar-refractivity contribution in [1.29, 1.82) is 0 Å². The Labute approximate surface area is 110 Å². The van der Waals surface area contributed by atoms with Gasteiger partial charge in [0.15, 0.2) is 0 Å². The lowest BCUT2D eigenvalue weighted by Crippen LogP contribution is -2.20. The average Bonchev–Trinajstić information content (AvgIpc) is 2.31. The monoisotopic (exact) mass is 248 g/mol. The Morgan fingerprint density at radius 1 is 1.17 bits per heavy atom. The lowest BCUT2D eigenvalue weighted by atomic mass is 9.84. The SMILES string of the molecule is CC(C)(C)c1cc(CC2CCC(O)CC2)ncn1. The molecule has 0 aromatic carbocycles. The molecule has 1 aromatic rings. The number of hydrogen-bond donors (Lipinski definition) is 1. The summed E-state index contributed by atoms with van der Waals surface area (Å²) in [5, 5.41) is 9.52. The fourth-order valence-electron chi connectivity index (χ4n) is 2.56. The van der Waals surface area contributed by atoms with E-state index < -0.39 is 0 Å². The van der Waals surface area contributed by atoms with Gasteiger partial charge in [-0.25, -0.2) is 9.97 Å². The molecule has 1 aliphatic rings. The molecule has 1 N–H and O–H groups in total. The second kappa shape index (κ2) is 5.35. The van der Waals surface area contributed by atoms with Gasteiger partial charge in [0.1, 0.15) is 6.33 Å². The maximum absolute atomic E-state index is 9.52. The van der Waals surface area contributed by atoms with Crippen LogP contribution in [0.1, 0.15) is 57.8 Å². The highest BCUT2D eigenvalue weighted by atomic mass is 16.3. The Kier molecular flexibility index (Phi) is 4.00. The van der Waals surface area contributed by atoms with Crippen LogP contribution >= 0.6 is 0 Å². The van der Waals surface area contributed by atoms with Crippen molar-refractivity contribution in [3.8, 4) is 0 Å². The van der Waals surface area contributed by atoms with Crippen molar-refractivity contribution in [1.82, 2.24) is 9.97 Å². The minimum atomic E-state index is -0.0724. The maximum Gasteiger partial charge on any atom is 0.115 e. The highest BCUT2D eigenvalue weighted by Crippen LogP contribution is 2.27. The van der Waals surface area contributed by atoms with Crippen LogP contribution in [0.2, 0.25) is 0 Å². The van der Waals surface area contributed by atoms with E-state index in [2.05, 4.69) is 36.8 Å². The number of rotatable bonds is 2. The molecule has 100 valence electrons. The van der Waals surface area contributed by atoms with Gasteiger partial charge in [0.05, 0.1) is 6.10 Å². The number of hydrogen-bond acceptors (Lipinski definition) is 3. The Morgan fingerprint density at radius 2 is 1.83 bits per heavy atom. The molecule has 1 heterocycles. The second-order valence-corrected chi connectivity index (χ2v) is 6.52. The number of aliphatic hydroxyl groups excluding tert-OH is 1. The van der Waals surface area contributed by atoms with Gasteiger partial charge >= 0.3 is 0 Å². The molecule has 0 spiro atoms. The van der Waals surface area contributed by atoms with Crippen LogP contribution in [0.5, 0.6) is 0 Å². The molecule has 0 unspecified atom stereocenters. The first-order valence-electron chi connectivity index (χ1n) is 6.94. The predicted octanol–water partition coefficient (Wildman–Crippen LogP) is 2.87. The van der Waals surface area contributed by atoms with E-state index in [1.165, 1.54) is 0 Å². The van der Waals surface area contributed by atoms with Crippen LogP contribution in [0.4, 0.5) is 0 Å². The summed E-state index contributed by atoms with van der Waals surface area (Å²) in [6, 6.07) is 2.14. The topological polar surface area (TPSA) is 46.0 Å². The molecule has 3 nitrogen and oxygen atoms in total. The third-order valence-corrected chi connectivity index (χ3v) is 3.81. The molecule has 1 aromatic heterocycles. The molecule has 1 aliphatic carbocycles. The summed E-state index contributed by atoms with van der Waals surface area (Å²) in [5.41, 5.74) is 2.35. The van der Waals surface area contributed by atoms with Crippen LogP contribution in [0.25, 0.3) is 0 Å². The third kappa shape index (κ3) is 3.52. The summed E-state index contributed by atoms with van der Waals surface area (Å²) in [6.45, 7) is 6.53. The average molecular weight is 248 g/mol. The molecule has 3 heteroatoms. The molecule has 0 radical (unpaired) electrons. The van der Waals surface area contributed by atoms with Crippen molar-refractivity contribution in [2.45, 2.75) is 64.4 Å². The van der Waals surface area contributed by atoms with Crippen LogP contribution in [-0.2, 0) is 11.8 Å². The maximum atomic E-state index is 9.52. The third-order valence-electron chi connectivity index (χ3n) is 3.81. The van der Waals surface area contributed by atoms with E-state index in [1.807, 2.05) is 0 Å². The summed E-state index contributed by atoms with van der Waals surface area (Å²) in [7, 11) is 0. The highest BCUT2D eigenvalue weighted by Gasteiger charge is 2.21. The van der Waals surface area contributed by atoms with Gasteiger partial charge in [-0.1, -0.05) is 20.8 Å². The Hall–Kier alpha value is -0.960. The molecule has 1 saturated carbocycles. The molecule has 1 fully saturated rings. The molecular formula is C15H24N2O. The molecular weight excluding hydrogens is 224 g/mol. The Bertz CT molecular complexity index is 390. The summed E-state index contributed by atoms with van der Waals surface area (Å²) in [6.07, 6.45) is 6.78. The van der Waals surface area contributed by atoms with Gasteiger partial charge in [0.25, 0.3) is 0 Å². The number of nitrogens with zero attached hydrogens (tertiary/aromatic N) is 2. The van der Waals surface area contributed by atoms with Gasteiger partial charge in [0, 0.05) is 16.8 Å². The first kappa shape index (κ1) is 13.5. The van der Waals surface area contributed by atoms with E-state index in [0.717, 1.165) is 43.5 Å². The second-order valence-electron chi connectivity index (χ2n) is 6.52. The molecule has 0 atom stereocenters. The number of aromatic nitrogens is 2. The van der Waals surface area contributed by atoms with Crippen LogP contribution < -0.4 is 0 Å². The lowest BCUT2D eigenvalue weighted by molar-refractivity contribution is 0.108. The molecule has 0 bridgehead atoms. The van der Waals surface area contributed by atoms with E-state index in [0.29, 0.717) is 5.92 Å². The zero-order chi connectivity index (χ0) is 13.2. The lowest BCUT2D eigenvalue weighted by Gasteiger charge is -2.25. The molecule has 0 amide bonds. The summed E-state index contributed by atoms with van der Waals surface area (Å²) < 4.78 is 0. The molecule has 0 aliphatic heterocycles. The fourth-order valence-corrected chi connectivity index (χ4v) is 2.56. The Morgan fingerprint density at radius 3 is 2.44 bits per heavy atom. The largest absolute Gasteiger partial charge is 0.393 e. The van der Waals surface area contributed by atoms with Gasteiger partial charge in [-0.15, -0.1) is 0 Å². The quantitative estimate of drug-likeness (QED) is 0.875. The standard InChI is InChI=1S/C15H24N2O/c1-15(2,3)14-9-12(16-10-17-14)8-11-4-6-13(18)7-5-11/h9-11,13,18H,4-8H2,1-3H3. The van der Waals surface area contributed by atoms with Crippen molar-refractivity contribution in [3.63, 3.8) is 0 Å². The smallest absolute Gasteiger partial charge is 0.115 e. The van der Waals surface area contributed by atoms with Crippen molar-refractivity contribution in [2.24, 2.45) is 5.92 Å². The van der Waals surface area contributed by atoms with E-state index in [9.17, 15) is 5.11 Å². The predicted molar refractivity (Wildman–Crippen MR) is 72.4 cm³/mol. The van der Waals surface area contributed by atoms with Gasteiger partial charge in [-0.05, 0) is 44.1 Å². The van der Waals surface area contributed by atoms with Crippen LogP contribution in [0.15, 0.2) is 12.4 Å². The summed E-state index contributed by atoms with van der Waals surface area (Å²) >= 11 is 0. The van der Waals surface area contributed by atoms with E-state index in [4.69, 9.17) is 0 Å². The van der Waals surface area contributed by atoms with E-state index in [-0.39, 0.29) is 11.5 Å². The van der Waals surface area contributed by atoms with Crippen molar-refractivity contribution >= 4 is 0 Å². The van der Waals surface area contributed by atoms with Gasteiger partial charge in [-0.2, -0.15) is 0 Å². The highest BCUT2D eigenvalue weighted by molar-refractivity contribution is 5.16. The zero-order valence-corrected chi connectivity index (χ0v) is 11.7. The summed E-state index contributed by atoms with van der Waals surface area (Å²) in [5.74, 6) is 0.677. The number of aliphatic hydroxyl groups is 1. The van der Waals surface area contributed by atoms with Crippen LogP contribution in [0.3, 0.4) is 0 Å². The van der Waals surface area contributed by atoms with E-state index in [1.54, 1.807) is 6.33 Å². The molecule has 2 rings (SSSR count). The molecule has 0 saturated heterocycles. The zero-order valence-electron chi connectivity index (χ0n) is 11.7. The first-order valence-corrected chi connectivity index (χ1v) is 6.94. The van der Waals surface area contributed by atoms with Gasteiger partial charge in [0.2, 0.25) is 0 Å². The van der Waals surface area contributed by atoms with E-state index >= 15 is 0 Å². The minimum Gasteiger partial charge on any atom is -0.393 e. The van der Waals surface area contributed by atoms with Gasteiger partial charge < -0.3 is 5.11 Å². The fraction of sp³-hybridized carbons (Fsp3) is 0.733. The molecule has 18 heavy (non-hydrogen) atoms. The van der Waals surface area contributed by atoms with Crippen LogP contribution in [0, 0.1) is 5.92 Å². The van der Waals surface area contributed by atoms with Crippen LogP contribution in [-0.4, -0.2) is 21.2 Å². The normalized spacial score (nSPS) is 25.1. The van der Waals surface area contributed by atoms with Crippen molar-refractivity contribution in [2.75, 3.05) is 0 Å². The summed E-state index contributed by atoms with van der Waals surface area (Å²) in [4.78, 5) is 8.76. The van der Waals surface area contributed by atoms with Crippen molar-refractivity contribution in [3.05, 3.63) is 23.8 Å². The Balaban J connectivity index is 2.01. The van der Waals surface area contributed by atoms with Crippen molar-refractivity contribution < 1.29 is 5.11 Å². The first-order chi connectivity index (χ1) is 8.45. The minimum absolute atomic E-state index is 0.0724. The van der Waals surface area contributed by atoms with Gasteiger partial charge in [-0.3, -0.25) is 0 Å².